The number of carbonyl (C=O) groups is 1. The van der Waals surface area contributed by atoms with Gasteiger partial charge in [0.1, 0.15) is 18.6 Å². The number of rotatable bonds is 5. The molecule has 0 aliphatic carbocycles. The second kappa shape index (κ2) is 6.89. The molecule has 0 unspecified atom stereocenters. The van der Waals surface area contributed by atoms with Crippen LogP contribution in [0, 0.1) is 0 Å². The topological polar surface area (TPSA) is 32.8 Å². The number of hydrogen-bond donors (Lipinski definition) is 0. The van der Waals surface area contributed by atoms with E-state index in [1.54, 1.807) is 18.2 Å². The summed E-state index contributed by atoms with van der Waals surface area (Å²) in [6.07, 6.45) is 0.778. The third kappa shape index (κ3) is 4.20. The number of nitrogens with zero attached hydrogens (tertiary/aromatic N) is 2. The molecule has 19 heavy (non-hydrogen) atoms. The minimum atomic E-state index is 0.489. The van der Waals surface area contributed by atoms with Crippen LogP contribution < -0.4 is 4.74 Å². The zero-order valence-corrected chi connectivity index (χ0v) is 11.9. The summed E-state index contributed by atoms with van der Waals surface area (Å²) in [5.74, 6) is 0.640. The number of likely N-dealkylation sites (N-methyl/N-ethyl adjacent to an activating group) is 1. The molecule has 0 atom stereocenters. The van der Waals surface area contributed by atoms with Gasteiger partial charge in [-0.3, -0.25) is 9.69 Å². The van der Waals surface area contributed by atoms with Gasteiger partial charge in [-0.05, 0) is 25.2 Å². The summed E-state index contributed by atoms with van der Waals surface area (Å²) < 4.78 is 5.66. The van der Waals surface area contributed by atoms with Crippen molar-refractivity contribution >= 4 is 17.9 Å². The van der Waals surface area contributed by atoms with E-state index >= 15 is 0 Å². The fraction of sp³-hybridized carbons (Fsp3) is 0.500. The van der Waals surface area contributed by atoms with Crippen LogP contribution in [-0.2, 0) is 0 Å². The van der Waals surface area contributed by atoms with Crippen LogP contribution in [-0.4, -0.2) is 62.5 Å². The van der Waals surface area contributed by atoms with E-state index in [4.69, 9.17) is 16.3 Å². The average molecular weight is 283 g/mol. The van der Waals surface area contributed by atoms with Gasteiger partial charge in [-0.15, -0.1) is 0 Å². The standard InChI is InChI=1S/C14H19ClN2O2/c1-16-4-6-17(7-5-16)8-9-19-14-3-2-12(11-18)10-13(14)15/h2-3,10-11H,4-9H2,1H3. The van der Waals surface area contributed by atoms with E-state index in [1.807, 2.05) is 0 Å². The van der Waals surface area contributed by atoms with E-state index in [1.165, 1.54) is 0 Å². The molecule has 1 fully saturated rings. The molecule has 1 saturated heterocycles. The highest BCUT2D eigenvalue weighted by atomic mass is 35.5. The molecule has 0 saturated carbocycles. The fourth-order valence-corrected chi connectivity index (χ4v) is 2.31. The Hall–Kier alpha value is -1.10. The van der Waals surface area contributed by atoms with Gasteiger partial charge in [0.15, 0.2) is 0 Å². The molecule has 1 aliphatic heterocycles. The van der Waals surface area contributed by atoms with Gasteiger partial charge < -0.3 is 9.64 Å². The molecule has 1 aromatic carbocycles. The van der Waals surface area contributed by atoms with Crippen LogP contribution in [0.2, 0.25) is 5.02 Å². The van der Waals surface area contributed by atoms with Gasteiger partial charge in [0.2, 0.25) is 0 Å². The van der Waals surface area contributed by atoms with E-state index in [0.29, 0.717) is 22.9 Å². The van der Waals surface area contributed by atoms with Gasteiger partial charge in [-0.2, -0.15) is 0 Å². The third-order valence-electron chi connectivity index (χ3n) is 3.35. The molecule has 1 aliphatic rings. The summed E-state index contributed by atoms with van der Waals surface area (Å²) in [5, 5.41) is 0.489. The molecule has 0 amide bonds. The first-order valence-electron chi connectivity index (χ1n) is 6.47. The van der Waals surface area contributed by atoms with Crippen LogP contribution >= 0.6 is 11.6 Å². The number of halogens is 1. The Bertz CT molecular complexity index is 431. The van der Waals surface area contributed by atoms with Gasteiger partial charge in [-0.1, -0.05) is 11.6 Å². The van der Waals surface area contributed by atoms with E-state index in [2.05, 4.69) is 16.8 Å². The molecular weight excluding hydrogens is 264 g/mol. The Morgan fingerprint density at radius 1 is 1.32 bits per heavy atom. The first-order chi connectivity index (χ1) is 9.19. The zero-order chi connectivity index (χ0) is 13.7. The molecule has 1 aromatic rings. The van der Waals surface area contributed by atoms with E-state index < -0.39 is 0 Å². The molecule has 1 heterocycles. The van der Waals surface area contributed by atoms with Crippen LogP contribution in [0.25, 0.3) is 0 Å². The summed E-state index contributed by atoms with van der Waals surface area (Å²) in [6.45, 7) is 5.89. The Morgan fingerprint density at radius 3 is 2.68 bits per heavy atom. The maximum Gasteiger partial charge on any atom is 0.150 e. The van der Waals surface area contributed by atoms with Gasteiger partial charge in [0.05, 0.1) is 5.02 Å². The number of ether oxygens (including phenoxy) is 1. The van der Waals surface area contributed by atoms with Crippen LogP contribution in [0.3, 0.4) is 0 Å². The first-order valence-corrected chi connectivity index (χ1v) is 6.85. The highest BCUT2D eigenvalue weighted by molar-refractivity contribution is 6.32. The molecule has 4 nitrogen and oxygen atoms in total. The summed E-state index contributed by atoms with van der Waals surface area (Å²) in [5.41, 5.74) is 0.566. The number of piperazine rings is 1. The van der Waals surface area contributed by atoms with Gasteiger partial charge in [-0.25, -0.2) is 0 Å². The quantitative estimate of drug-likeness (QED) is 0.771. The van der Waals surface area contributed by atoms with Crippen molar-refractivity contribution in [2.24, 2.45) is 0 Å². The molecule has 2 rings (SSSR count). The molecule has 0 spiro atoms. The second-order valence-corrected chi connectivity index (χ2v) is 5.21. The van der Waals surface area contributed by atoms with Crippen molar-refractivity contribution in [1.82, 2.24) is 9.80 Å². The minimum Gasteiger partial charge on any atom is -0.491 e. The van der Waals surface area contributed by atoms with Crippen molar-refractivity contribution in [3.63, 3.8) is 0 Å². The summed E-state index contributed by atoms with van der Waals surface area (Å²) in [6, 6.07) is 5.08. The van der Waals surface area contributed by atoms with Crippen LogP contribution in [0.1, 0.15) is 10.4 Å². The molecular formula is C14H19ClN2O2. The number of hydrogen-bond acceptors (Lipinski definition) is 4. The predicted octanol–water partition coefficient (Wildman–Crippen LogP) is 1.78. The molecule has 0 bridgehead atoms. The molecule has 5 heteroatoms. The SMILES string of the molecule is CN1CCN(CCOc2ccc(C=O)cc2Cl)CC1. The van der Waals surface area contributed by atoms with Crippen LogP contribution in [0.15, 0.2) is 18.2 Å². The highest BCUT2D eigenvalue weighted by Crippen LogP contribution is 2.24. The number of aldehydes is 1. The van der Waals surface area contributed by atoms with Crippen LogP contribution in [0.4, 0.5) is 0 Å². The Balaban J connectivity index is 1.78. The van der Waals surface area contributed by atoms with E-state index in [-0.39, 0.29) is 0 Å². The number of carbonyl (C=O) groups excluding carboxylic acids is 1. The number of benzene rings is 1. The summed E-state index contributed by atoms with van der Waals surface area (Å²) >= 11 is 6.04. The maximum absolute atomic E-state index is 10.6. The third-order valence-corrected chi connectivity index (χ3v) is 3.65. The molecule has 0 radical (unpaired) electrons. The predicted molar refractivity (Wildman–Crippen MR) is 76.3 cm³/mol. The monoisotopic (exact) mass is 282 g/mol. The van der Waals surface area contributed by atoms with Crippen molar-refractivity contribution in [3.05, 3.63) is 28.8 Å². The lowest BCUT2D eigenvalue weighted by atomic mass is 10.2. The maximum atomic E-state index is 10.6. The Labute approximate surface area is 118 Å². The normalized spacial score (nSPS) is 17.4. The largest absolute Gasteiger partial charge is 0.491 e. The lowest BCUT2D eigenvalue weighted by Crippen LogP contribution is -2.45. The summed E-state index contributed by atoms with van der Waals surface area (Å²) in [4.78, 5) is 15.3. The highest BCUT2D eigenvalue weighted by Gasteiger charge is 2.13. The molecule has 0 N–H and O–H groups in total. The lowest BCUT2D eigenvalue weighted by molar-refractivity contribution is 0.112. The average Bonchev–Trinajstić information content (AvgIpc) is 2.42. The molecule has 0 aromatic heterocycles. The van der Waals surface area contributed by atoms with Gasteiger partial charge in [0.25, 0.3) is 0 Å². The smallest absolute Gasteiger partial charge is 0.150 e. The van der Waals surface area contributed by atoms with Crippen molar-refractivity contribution in [1.29, 1.82) is 0 Å². The fourth-order valence-electron chi connectivity index (χ4n) is 2.06. The second-order valence-electron chi connectivity index (χ2n) is 4.80. The van der Waals surface area contributed by atoms with Crippen LogP contribution in [0.5, 0.6) is 5.75 Å². The summed E-state index contributed by atoms with van der Waals surface area (Å²) in [7, 11) is 2.14. The van der Waals surface area contributed by atoms with Gasteiger partial charge in [0, 0.05) is 38.3 Å². The minimum absolute atomic E-state index is 0.489. The van der Waals surface area contributed by atoms with Crippen molar-refractivity contribution < 1.29 is 9.53 Å². The first kappa shape index (κ1) is 14.3. The van der Waals surface area contributed by atoms with Gasteiger partial charge >= 0.3 is 0 Å². The van der Waals surface area contributed by atoms with E-state index in [0.717, 1.165) is 39.0 Å². The zero-order valence-electron chi connectivity index (χ0n) is 11.1. The Morgan fingerprint density at radius 2 is 2.05 bits per heavy atom. The molecule has 104 valence electrons. The lowest BCUT2D eigenvalue weighted by Gasteiger charge is -2.32. The van der Waals surface area contributed by atoms with Crippen molar-refractivity contribution in [2.45, 2.75) is 0 Å². The van der Waals surface area contributed by atoms with Crippen molar-refractivity contribution in [3.8, 4) is 5.75 Å². The van der Waals surface area contributed by atoms with E-state index in [9.17, 15) is 4.79 Å². The Kier molecular flexibility index (Phi) is 5.19. The van der Waals surface area contributed by atoms with Crippen molar-refractivity contribution in [2.75, 3.05) is 46.4 Å².